The van der Waals surface area contributed by atoms with Crippen LogP contribution in [0.3, 0.4) is 0 Å². The lowest BCUT2D eigenvalue weighted by molar-refractivity contribution is 0.563. The van der Waals surface area contributed by atoms with Crippen molar-refractivity contribution in [1.82, 2.24) is 14.8 Å². The van der Waals surface area contributed by atoms with Gasteiger partial charge in [-0.1, -0.05) is 6.07 Å². The number of aromatic nitrogens is 3. The number of hydrogen-bond donors (Lipinski definition) is 1. The number of hydrogen-bond acceptors (Lipinski definition) is 3. The van der Waals surface area contributed by atoms with E-state index in [1.165, 1.54) is 23.6 Å². The van der Waals surface area contributed by atoms with Crippen molar-refractivity contribution in [1.29, 1.82) is 0 Å². The van der Waals surface area contributed by atoms with E-state index in [0.717, 1.165) is 22.4 Å². The molecule has 3 heterocycles. The van der Waals surface area contributed by atoms with Gasteiger partial charge in [-0.3, -0.25) is 4.79 Å². The Labute approximate surface area is 132 Å². The smallest absolute Gasteiger partial charge is 0.259 e. The van der Waals surface area contributed by atoms with Gasteiger partial charge in [0.1, 0.15) is 11.4 Å². The van der Waals surface area contributed by atoms with E-state index >= 15 is 0 Å². The van der Waals surface area contributed by atoms with Crippen molar-refractivity contribution in [2.45, 2.75) is 0 Å². The zero-order valence-corrected chi connectivity index (χ0v) is 12.4. The molecule has 7 heteroatoms. The molecule has 0 saturated carbocycles. The fourth-order valence-electron chi connectivity index (χ4n) is 2.54. The maximum atomic E-state index is 14.1. The minimum absolute atomic E-state index is 0.300. The third-order valence-electron chi connectivity index (χ3n) is 3.55. The highest BCUT2D eigenvalue weighted by molar-refractivity contribution is 7.08. The molecule has 3 aromatic heterocycles. The summed E-state index contributed by atoms with van der Waals surface area (Å²) in [6.45, 7) is 0. The maximum absolute atomic E-state index is 14.1. The molecule has 0 spiro atoms. The number of nitrogens with one attached hydrogen (secondary N) is 1. The number of benzene rings is 1. The van der Waals surface area contributed by atoms with Gasteiger partial charge in [-0.25, -0.2) is 13.5 Å². The van der Waals surface area contributed by atoms with Gasteiger partial charge in [0.25, 0.3) is 5.56 Å². The van der Waals surface area contributed by atoms with Crippen molar-refractivity contribution < 1.29 is 8.78 Å². The van der Waals surface area contributed by atoms with Crippen LogP contribution in [0.1, 0.15) is 0 Å². The lowest BCUT2D eigenvalue weighted by Gasteiger charge is -2.05. The summed E-state index contributed by atoms with van der Waals surface area (Å²) in [6.07, 6.45) is 1.43. The van der Waals surface area contributed by atoms with Crippen LogP contribution in [0.2, 0.25) is 0 Å². The van der Waals surface area contributed by atoms with Gasteiger partial charge >= 0.3 is 0 Å². The van der Waals surface area contributed by atoms with Gasteiger partial charge in [-0.15, -0.1) is 0 Å². The number of nitrogens with zero attached hydrogens (tertiary/aromatic N) is 2. The van der Waals surface area contributed by atoms with Gasteiger partial charge in [-0.2, -0.15) is 16.4 Å². The molecule has 4 rings (SSSR count). The zero-order chi connectivity index (χ0) is 16.0. The molecule has 0 saturated heterocycles. The first-order valence-electron chi connectivity index (χ1n) is 6.74. The molecule has 0 unspecified atom stereocenters. The summed E-state index contributed by atoms with van der Waals surface area (Å²) in [5.41, 5.74) is 0.813. The fraction of sp³-hybridized carbons (Fsp3) is 0. The Hall–Kier alpha value is -2.80. The number of H-pyrrole nitrogens is 1. The number of thiophene rings is 1. The molecule has 4 aromatic rings. The van der Waals surface area contributed by atoms with Crippen LogP contribution in [-0.2, 0) is 0 Å². The Kier molecular flexibility index (Phi) is 3.09. The quantitative estimate of drug-likeness (QED) is 0.609. The van der Waals surface area contributed by atoms with Crippen molar-refractivity contribution in [2.24, 2.45) is 0 Å². The fourth-order valence-corrected chi connectivity index (χ4v) is 3.18. The minimum Gasteiger partial charge on any atom is -0.328 e. The van der Waals surface area contributed by atoms with E-state index in [2.05, 4.69) is 10.1 Å². The molecule has 0 bridgehead atoms. The van der Waals surface area contributed by atoms with E-state index in [0.29, 0.717) is 16.6 Å². The van der Waals surface area contributed by atoms with E-state index < -0.39 is 11.6 Å². The summed E-state index contributed by atoms with van der Waals surface area (Å²) in [5, 5.41) is 8.29. The number of rotatable bonds is 2. The second-order valence-corrected chi connectivity index (χ2v) is 5.69. The first-order valence-corrected chi connectivity index (χ1v) is 7.68. The number of aromatic amines is 1. The molecule has 1 N–H and O–H groups in total. The number of para-hydroxylation sites is 1. The van der Waals surface area contributed by atoms with Crippen LogP contribution in [0.15, 0.2) is 52.1 Å². The highest BCUT2D eigenvalue weighted by Crippen LogP contribution is 2.30. The monoisotopic (exact) mass is 329 g/mol. The lowest BCUT2D eigenvalue weighted by atomic mass is 10.1. The van der Waals surface area contributed by atoms with E-state index in [1.54, 1.807) is 12.1 Å². The average molecular weight is 329 g/mol. The third-order valence-corrected chi connectivity index (χ3v) is 4.23. The van der Waals surface area contributed by atoms with Crippen LogP contribution < -0.4 is 5.56 Å². The summed E-state index contributed by atoms with van der Waals surface area (Å²) >= 11 is 1.45. The molecule has 0 fully saturated rings. The number of halogens is 2. The number of pyridine rings is 1. The second kappa shape index (κ2) is 5.13. The summed E-state index contributed by atoms with van der Waals surface area (Å²) < 4.78 is 29.4. The van der Waals surface area contributed by atoms with Crippen LogP contribution in [0.4, 0.5) is 8.78 Å². The van der Waals surface area contributed by atoms with Crippen LogP contribution in [0.25, 0.3) is 27.8 Å². The van der Waals surface area contributed by atoms with Crippen LogP contribution in [0, 0.1) is 11.6 Å². The summed E-state index contributed by atoms with van der Waals surface area (Å²) in [7, 11) is 0. The Morgan fingerprint density at radius 3 is 2.61 bits per heavy atom. The van der Waals surface area contributed by atoms with E-state index in [-0.39, 0.29) is 11.2 Å². The molecule has 0 aliphatic heterocycles. The Morgan fingerprint density at radius 2 is 1.91 bits per heavy atom. The van der Waals surface area contributed by atoms with Crippen molar-refractivity contribution in [2.75, 3.05) is 0 Å². The molecular formula is C16H9F2N3OS. The van der Waals surface area contributed by atoms with Gasteiger partial charge in [0, 0.05) is 17.1 Å². The van der Waals surface area contributed by atoms with E-state index in [4.69, 9.17) is 0 Å². The summed E-state index contributed by atoms with van der Waals surface area (Å²) in [6, 6.07) is 6.98. The van der Waals surface area contributed by atoms with Gasteiger partial charge in [0.05, 0.1) is 10.9 Å². The van der Waals surface area contributed by atoms with Crippen molar-refractivity contribution in [3.63, 3.8) is 0 Å². The van der Waals surface area contributed by atoms with Gasteiger partial charge in [-0.05, 0) is 29.6 Å². The van der Waals surface area contributed by atoms with Crippen LogP contribution in [-0.4, -0.2) is 14.8 Å². The zero-order valence-electron chi connectivity index (χ0n) is 11.6. The maximum Gasteiger partial charge on any atom is 0.259 e. The normalized spacial score (nSPS) is 11.2. The molecule has 114 valence electrons. The number of fused-ring (bicyclic) bond motifs is 1. The van der Waals surface area contributed by atoms with Crippen LogP contribution >= 0.6 is 11.3 Å². The molecule has 23 heavy (non-hydrogen) atoms. The van der Waals surface area contributed by atoms with E-state index in [1.807, 2.05) is 10.8 Å². The first-order chi connectivity index (χ1) is 11.2. The molecule has 0 aliphatic rings. The lowest BCUT2D eigenvalue weighted by Crippen LogP contribution is -2.06. The molecule has 0 aliphatic carbocycles. The van der Waals surface area contributed by atoms with Crippen molar-refractivity contribution in [3.8, 4) is 16.9 Å². The van der Waals surface area contributed by atoms with Gasteiger partial charge < -0.3 is 4.98 Å². The molecular weight excluding hydrogens is 320 g/mol. The van der Waals surface area contributed by atoms with Gasteiger partial charge in [0.2, 0.25) is 0 Å². The summed E-state index contributed by atoms with van der Waals surface area (Å²) in [5.74, 6) is -1.49. The predicted molar refractivity (Wildman–Crippen MR) is 84.9 cm³/mol. The Balaban J connectivity index is 2.14. The third kappa shape index (κ3) is 2.08. The highest BCUT2D eigenvalue weighted by Gasteiger charge is 2.20. The average Bonchev–Trinajstić information content (AvgIpc) is 3.15. The van der Waals surface area contributed by atoms with Crippen molar-refractivity contribution in [3.05, 3.63) is 69.3 Å². The standard InChI is InChI=1S/C16H9F2N3OS/c17-10-2-1-3-11(18)15(10)21-12-4-6-19-16(22)13(12)14(20-21)9-5-7-23-8-9/h1-8H,(H,19,22). The second-order valence-electron chi connectivity index (χ2n) is 4.91. The minimum atomic E-state index is -0.744. The highest BCUT2D eigenvalue weighted by atomic mass is 32.1. The Morgan fingerprint density at radius 1 is 1.13 bits per heavy atom. The van der Waals surface area contributed by atoms with Gasteiger partial charge in [0.15, 0.2) is 11.6 Å². The molecule has 0 radical (unpaired) electrons. The molecule has 4 nitrogen and oxygen atoms in total. The molecule has 0 atom stereocenters. The topological polar surface area (TPSA) is 50.7 Å². The Bertz CT molecular complexity index is 1050. The molecule has 0 amide bonds. The van der Waals surface area contributed by atoms with Crippen molar-refractivity contribution >= 4 is 22.2 Å². The first kappa shape index (κ1) is 13.8. The van der Waals surface area contributed by atoms with E-state index in [9.17, 15) is 13.6 Å². The summed E-state index contributed by atoms with van der Waals surface area (Å²) in [4.78, 5) is 14.8. The SMILES string of the molecule is O=c1[nH]ccc2c1c(-c1ccsc1)nn2-c1c(F)cccc1F. The van der Waals surface area contributed by atoms with Crippen LogP contribution in [0.5, 0.6) is 0 Å². The predicted octanol–water partition coefficient (Wildman–Crippen LogP) is 3.72. The largest absolute Gasteiger partial charge is 0.328 e. The molecule has 1 aromatic carbocycles.